The number of thiol groups is 2. The second-order valence-electron chi connectivity index (χ2n) is 7.66. The van der Waals surface area contributed by atoms with E-state index in [1.807, 2.05) is 38.1 Å². The zero-order chi connectivity index (χ0) is 20.3. The van der Waals surface area contributed by atoms with E-state index in [0.29, 0.717) is 0 Å². The number of amides is 1. The summed E-state index contributed by atoms with van der Waals surface area (Å²) < 4.78 is 5.05. The molecule has 0 heterocycles. The molecule has 148 valence electrons. The number of nitrogens with one attached hydrogen (secondary N) is 1. The summed E-state index contributed by atoms with van der Waals surface area (Å²) in [6.45, 7) is 3.93. The number of ether oxygens (including phenoxy) is 1. The van der Waals surface area contributed by atoms with Crippen LogP contribution in [-0.2, 0) is 9.53 Å². The van der Waals surface area contributed by atoms with Gasteiger partial charge in [0.05, 0.1) is 6.04 Å². The third-order valence-electron chi connectivity index (χ3n) is 4.81. The molecule has 1 N–H and O–H groups in total. The van der Waals surface area contributed by atoms with Crippen molar-refractivity contribution in [1.82, 2.24) is 5.32 Å². The highest BCUT2D eigenvalue weighted by Crippen LogP contribution is 2.44. The molecule has 0 spiro atoms. The molecule has 3 rings (SSSR count). The third kappa shape index (κ3) is 4.73. The number of hydrogen-bond acceptors (Lipinski definition) is 5. The lowest BCUT2D eigenvalue weighted by Gasteiger charge is -2.21. The van der Waals surface area contributed by atoms with E-state index >= 15 is 0 Å². The van der Waals surface area contributed by atoms with E-state index in [2.05, 4.69) is 54.8 Å². The van der Waals surface area contributed by atoms with Gasteiger partial charge < -0.3 is 10.1 Å². The number of hydrogen-bond donors (Lipinski definition) is 3. The first-order valence-electron chi connectivity index (χ1n) is 9.27. The fourth-order valence-electron chi connectivity index (χ4n) is 3.56. The van der Waals surface area contributed by atoms with Crippen LogP contribution in [0.1, 0.15) is 37.3 Å². The van der Waals surface area contributed by atoms with Crippen molar-refractivity contribution in [2.75, 3.05) is 12.4 Å². The first kappa shape index (κ1) is 20.8. The van der Waals surface area contributed by atoms with Gasteiger partial charge in [-0.15, -0.1) is 0 Å². The highest BCUT2D eigenvalue weighted by molar-refractivity contribution is 7.81. The van der Waals surface area contributed by atoms with Crippen LogP contribution in [0, 0.1) is 0 Å². The van der Waals surface area contributed by atoms with E-state index in [4.69, 9.17) is 4.74 Å². The van der Waals surface area contributed by atoms with Gasteiger partial charge in [-0.05, 0) is 22.3 Å². The van der Waals surface area contributed by atoms with Crippen molar-refractivity contribution in [3.05, 3.63) is 59.7 Å². The Kier molecular flexibility index (Phi) is 6.40. The van der Waals surface area contributed by atoms with E-state index in [0.717, 1.165) is 11.1 Å². The Hall–Kier alpha value is -1.92. The molecule has 4 nitrogen and oxygen atoms in total. The highest BCUT2D eigenvalue weighted by Gasteiger charge is 2.30. The van der Waals surface area contributed by atoms with E-state index in [-0.39, 0.29) is 30.5 Å². The number of fused-ring (bicyclic) bond motifs is 3. The van der Waals surface area contributed by atoms with Gasteiger partial charge in [0.2, 0.25) is 0 Å². The molecule has 1 aliphatic carbocycles. The van der Waals surface area contributed by atoms with Gasteiger partial charge in [-0.25, -0.2) is 4.79 Å². The van der Waals surface area contributed by atoms with Gasteiger partial charge in [0.25, 0.3) is 0 Å². The zero-order valence-corrected chi connectivity index (χ0v) is 17.8. The van der Waals surface area contributed by atoms with Crippen LogP contribution in [0.25, 0.3) is 11.1 Å². The molecule has 28 heavy (non-hydrogen) atoms. The minimum atomic E-state index is -0.689. The van der Waals surface area contributed by atoms with Crippen molar-refractivity contribution < 1.29 is 14.3 Å². The molecule has 1 atom stereocenters. The van der Waals surface area contributed by atoms with Crippen LogP contribution in [-0.4, -0.2) is 35.0 Å². The number of alkyl carbamates (subject to hydrolysis) is 1. The summed E-state index contributed by atoms with van der Waals surface area (Å²) in [6.07, 6.45) is -0.364. The minimum absolute atomic E-state index is 0.0142. The number of ketones is 1. The van der Waals surface area contributed by atoms with E-state index in [9.17, 15) is 9.59 Å². The molecule has 6 heteroatoms. The fraction of sp³-hybridized carbons (Fsp3) is 0.364. The van der Waals surface area contributed by atoms with Crippen LogP contribution in [0.3, 0.4) is 0 Å². The predicted octanol–water partition coefficient (Wildman–Crippen LogP) is 4.49. The lowest BCUT2D eigenvalue weighted by molar-refractivity contribution is -0.120. The molecule has 2 aromatic carbocycles. The van der Waals surface area contributed by atoms with Crippen LogP contribution in [0.15, 0.2) is 48.5 Å². The Bertz CT molecular complexity index is 831. The van der Waals surface area contributed by atoms with Gasteiger partial charge >= 0.3 is 6.09 Å². The molecule has 0 aromatic heterocycles. The van der Waals surface area contributed by atoms with Crippen molar-refractivity contribution in [1.29, 1.82) is 0 Å². The summed E-state index contributed by atoms with van der Waals surface area (Å²) in [4.78, 5) is 24.7. The van der Waals surface area contributed by atoms with Gasteiger partial charge in [0.15, 0.2) is 5.78 Å². The van der Waals surface area contributed by atoms with Crippen LogP contribution < -0.4 is 5.32 Å². The number of benzene rings is 2. The summed E-state index contributed by atoms with van der Waals surface area (Å²) in [5, 5.41) is 2.64. The Morgan fingerprint density at radius 1 is 1.07 bits per heavy atom. The standard InChI is InChI=1S/C22H25NO3S2/c1-22(2,28)11-20(24)19(13-27)23-21(25)26-12-18-16-9-5-3-7-14(16)15-8-4-6-10-17(15)18/h3-10,18-19,27-28H,11-13H2,1-2H3,(H,23,25)/t19-/m0/s1. The van der Waals surface area contributed by atoms with Crippen molar-refractivity contribution >= 4 is 37.1 Å². The first-order valence-corrected chi connectivity index (χ1v) is 10.4. The smallest absolute Gasteiger partial charge is 0.407 e. The molecule has 0 unspecified atom stereocenters. The van der Waals surface area contributed by atoms with Crippen LogP contribution >= 0.6 is 25.3 Å². The zero-order valence-electron chi connectivity index (χ0n) is 16.0. The topological polar surface area (TPSA) is 55.4 Å². The molecule has 0 radical (unpaired) electrons. The lowest BCUT2D eigenvalue weighted by Crippen LogP contribution is -2.44. The van der Waals surface area contributed by atoms with Crippen LogP contribution in [0.5, 0.6) is 0 Å². The Balaban J connectivity index is 1.65. The second-order valence-corrected chi connectivity index (χ2v) is 9.24. The van der Waals surface area contributed by atoms with Gasteiger partial charge in [0.1, 0.15) is 6.61 Å². The molecule has 0 bridgehead atoms. The molecular weight excluding hydrogens is 390 g/mol. The first-order chi connectivity index (χ1) is 13.3. The van der Waals surface area contributed by atoms with Gasteiger partial charge in [-0.2, -0.15) is 25.3 Å². The number of carbonyl (C=O) groups is 2. The average molecular weight is 416 g/mol. The average Bonchev–Trinajstić information content (AvgIpc) is 2.97. The number of carbonyl (C=O) groups excluding carboxylic acids is 2. The monoisotopic (exact) mass is 415 g/mol. The quantitative estimate of drug-likeness (QED) is 0.584. The summed E-state index contributed by atoms with van der Waals surface area (Å²) in [5.74, 6) is 0.0931. The normalized spacial score (nSPS) is 14.1. The summed E-state index contributed by atoms with van der Waals surface area (Å²) in [7, 11) is 0. The van der Waals surface area contributed by atoms with E-state index < -0.39 is 16.9 Å². The Morgan fingerprint density at radius 2 is 1.61 bits per heavy atom. The van der Waals surface area contributed by atoms with Crippen molar-refractivity contribution in [3.63, 3.8) is 0 Å². The van der Waals surface area contributed by atoms with Crippen molar-refractivity contribution in [2.45, 2.75) is 37.0 Å². The maximum atomic E-state index is 12.3. The molecule has 2 aromatic rings. The van der Waals surface area contributed by atoms with Crippen LogP contribution in [0.4, 0.5) is 4.79 Å². The number of Topliss-reactive ketones (excluding diaryl/α,β-unsaturated/α-hetero) is 1. The van der Waals surface area contributed by atoms with Crippen molar-refractivity contribution in [2.24, 2.45) is 0 Å². The molecule has 0 saturated heterocycles. The van der Waals surface area contributed by atoms with E-state index in [1.54, 1.807) is 0 Å². The molecular formula is C22H25NO3S2. The third-order valence-corrected chi connectivity index (χ3v) is 5.34. The van der Waals surface area contributed by atoms with Gasteiger partial charge in [0, 0.05) is 22.8 Å². The van der Waals surface area contributed by atoms with Crippen molar-refractivity contribution in [3.8, 4) is 11.1 Å². The molecule has 0 aliphatic heterocycles. The highest BCUT2D eigenvalue weighted by atomic mass is 32.1. The predicted molar refractivity (Wildman–Crippen MR) is 119 cm³/mol. The minimum Gasteiger partial charge on any atom is -0.449 e. The van der Waals surface area contributed by atoms with Gasteiger partial charge in [-0.1, -0.05) is 62.4 Å². The summed E-state index contributed by atoms with van der Waals surface area (Å²) in [6, 6.07) is 15.6. The maximum Gasteiger partial charge on any atom is 0.407 e. The van der Waals surface area contributed by atoms with Crippen LogP contribution in [0.2, 0.25) is 0 Å². The second kappa shape index (κ2) is 8.62. The summed E-state index contributed by atoms with van der Waals surface area (Å²) >= 11 is 8.58. The SMILES string of the molecule is CC(C)(S)CC(=O)[C@H](CS)NC(=O)OCC1c2ccccc2-c2ccccc21. The van der Waals surface area contributed by atoms with E-state index in [1.165, 1.54) is 11.1 Å². The largest absolute Gasteiger partial charge is 0.449 e. The lowest BCUT2D eigenvalue weighted by atomic mass is 9.98. The molecule has 1 amide bonds. The summed E-state index contributed by atoms with van der Waals surface area (Å²) in [5.41, 5.74) is 4.64. The Labute approximate surface area is 176 Å². The fourth-order valence-corrected chi connectivity index (χ4v) is 4.01. The molecule has 0 saturated carbocycles. The van der Waals surface area contributed by atoms with Gasteiger partial charge in [-0.3, -0.25) is 4.79 Å². The molecule has 1 aliphatic rings. The Morgan fingerprint density at radius 3 is 2.11 bits per heavy atom. The molecule has 0 fully saturated rings. The maximum absolute atomic E-state index is 12.3. The number of rotatable bonds is 7.